The summed E-state index contributed by atoms with van der Waals surface area (Å²) in [5.74, 6) is -0.578. The van der Waals surface area contributed by atoms with Gasteiger partial charge in [0.1, 0.15) is 0 Å². The highest BCUT2D eigenvalue weighted by Crippen LogP contribution is 2.23. The number of hydrogen-bond acceptors (Lipinski definition) is 2. The van der Waals surface area contributed by atoms with Gasteiger partial charge < -0.3 is 5.31 Å². The molecule has 1 aromatic carbocycles. The first-order valence-electron chi connectivity index (χ1n) is 10.6. The average molecular weight is 281 g/mol. The first-order valence-corrected chi connectivity index (χ1v) is 7.19. The molecule has 3 nitrogen and oxygen atoms in total. The molecular formula is C17H26N2O. The molecule has 110 valence electrons. The zero-order valence-corrected chi connectivity index (χ0v) is 11.9. The fraction of sp³-hybridized carbons (Fsp3) is 0.588. The van der Waals surface area contributed by atoms with E-state index < -0.39 is 25.7 Å². The van der Waals surface area contributed by atoms with E-state index in [4.69, 9.17) is 9.64 Å². The van der Waals surface area contributed by atoms with Crippen LogP contribution in [0.4, 0.5) is 5.69 Å². The van der Waals surface area contributed by atoms with E-state index in [1.54, 1.807) is 0 Å². The summed E-state index contributed by atoms with van der Waals surface area (Å²) in [6.07, 6.45) is 3.24. The quantitative estimate of drug-likeness (QED) is 0.916. The zero-order valence-electron chi connectivity index (χ0n) is 18.9. The van der Waals surface area contributed by atoms with Crippen molar-refractivity contribution in [2.45, 2.75) is 52.4 Å². The van der Waals surface area contributed by atoms with E-state index in [0.717, 1.165) is 25.8 Å². The Labute approximate surface area is 132 Å². The van der Waals surface area contributed by atoms with Crippen molar-refractivity contribution < 1.29 is 14.4 Å². The van der Waals surface area contributed by atoms with Gasteiger partial charge in [-0.05, 0) is 57.2 Å². The number of carbonyl (C=O) groups excluding carboxylic acids is 1. The number of aryl methyl sites for hydroxylation is 2. The first kappa shape index (κ1) is 8.18. The molecule has 1 N–H and O–H groups in total. The number of carbonyl (C=O) groups is 1. The van der Waals surface area contributed by atoms with E-state index >= 15 is 0 Å². The molecule has 1 unspecified atom stereocenters. The van der Waals surface area contributed by atoms with E-state index in [9.17, 15) is 4.79 Å². The van der Waals surface area contributed by atoms with E-state index in [2.05, 4.69) is 0 Å². The Hall–Kier alpha value is -1.35. The number of nitrogens with one attached hydrogen (secondary N) is 1. The smallest absolute Gasteiger partial charge is 0.241 e. The number of hydrogen-bond donors (Lipinski definition) is 1. The van der Waals surface area contributed by atoms with Crippen molar-refractivity contribution in [3.05, 3.63) is 29.3 Å². The third-order valence-electron chi connectivity index (χ3n) is 3.67. The van der Waals surface area contributed by atoms with Crippen LogP contribution < -0.4 is 5.31 Å². The number of likely N-dealkylation sites (tertiary alicyclic amines) is 1. The van der Waals surface area contributed by atoms with Crippen LogP contribution in [0.1, 0.15) is 52.0 Å². The summed E-state index contributed by atoms with van der Waals surface area (Å²) in [7, 11) is 0. The van der Waals surface area contributed by atoms with E-state index in [-0.39, 0.29) is 16.8 Å². The van der Waals surface area contributed by atoms with Crippen LogP contribution in [0.5, 0.6) is 0 Å². The summed E-state index contributed by atoms with van der Waals surface area (Å²) in [4.78, 5) is 15.1. The minimum atomic E-state index is -2.63. The maximum atomic E-state index is 13.1. The number of amides is 1. The van der Waals surface area contributed by atoms with Crippen molar-refractivity contribution in [1.82, 2.24) is 4.90 Å². The van der Waals surface area contributed by atoms with Crippen LogP contribution in [0.2, 0.25) is 1.41 Å². The van der Waals surface area contributed by atoms with Gasteiger partial charge in [0.15, 0.2) is 1.41 Å². The van der Waals surface area contributed by atoms with Gasteiger partial charge in [-0.2, -0.15) is 0 Å². The van der Waals surface area contributed by atoms with Crippen molar-refractivity contribution in [2.75, 3.05) is 18.4 Å². The van der Waals surface area contributed by atoms with Gasteiger partial charge in [-0.3, -0.25) is 9.69 Å². The Kier molecular flexibility index (Phi) is 2.82. The van der Waals surface area contributed by atoms with Gasteiger partial charge >= 0.3 is 0 Å². The van der Waals surface area contributed by atoms with Gasteiger partial charge in [-0.25, -0.2) is 0 Å². The minimum Gasteiger partial charge on any atom is -0.324 e. The van der Waals surface area contributed by atoms with Gasteiger partial charge in [0.25, 0.3) is 0 Å². The fourth-order valence-electron chi connectivity index (χ4n) is 2.67. The molecule has 1 aliphatic heterocycles. The molecule has 0 aromatic heterocycles. The molecule has 0 spiro atoms. The number of benzene rings is 1. The lowest BCUT2D eigenvalue weighted by atomic mass is 10.0. The SMILES string of the molecule is [2H]N(C(=O)C1CCCCN1CCC)c1c(C([2H])([2H])[2H])cccc1C([2H])([2H])[2H]. The largest absolute Gasteiger partial charge is 0.324 e. The van der Waals surface area contributed by atoms with Crippen molar-refractivity contribution in [1.29, 1.82) is 0 Å². The third kappa shape index (κ3) is 3.40. The molecule has 1 atom stereocenters. The summed E-state index contributed by atoms with van der Waals surface area (Å²) < 4.78 is 54.7. The molecule has 0 bridgehead atoms. The highest BCUT2D eigenvalue weighted by Gasteiger charge is 2.28. The molecule has 2 rings (SSSR count). The molecule has 1 aromatic rings. The van der Waals surface area contributed by atoms with Crippen molar-refractivity contribution >= 4 is 11.6 Å². The second kappa shape index (κ2) is 6.89. The molecule has 20 heavy (non-hydrogen) atoms. The van der Waals surface area contributed by atoms with Gasteiger partial charge in [-0.1, -0.05) is 31.5 Å². The fourth-order valence-corrected chi connectivity index (χ4v) is 2.67. The summed E-state index contributed by atoms with van der Waals surface area (Å²) in [5.41, 5.74) is -0.931. The van der Waals surface area contributed by atoms with Crippen molar-refractivity contribution in [2.24, 2.45) is 0 Å². The summed E-state index contributed by atoms with van der Waals surface area (Å²) in [6.45, 7) is -1.81. The van der Waals surface area contributed by atoms with Crippen molar-refractivity contribution in [3.63, 3.8) is 0 Å². The number of para-hydroxylation sites is 1. The molecule has 0 radical (unpaired) electrons. The summed E-state index contributed by atoms with van der Waals surface area (Å²) >= 11 is 0. The molecular weight excluding hydrogens is 248 g/mol. The maximum Gasteiger partial charge on any atom is 0.241 e. The molecule has 0 saturated carbocycles. The topological polar surface area (TPSA) is 32.3 Å². The van der Waals surface area contributed by atoms with Gasteiger partial charge in [0, 0.05) is 13.9 Å². The predicted octanol–water partition coefficient (Wildman–Crippen LogP) is 3.51. The normalized spacial score (nSPS) is 26.2. The standard InChI is InChI=1S/C17H26N2O/c1-4-11-19-12-6-5-10-15(19)17(20)18-16-13(2)8-7-9-14(16)3/h7-9,15H,4-6,10-12H2,1-3H3,(H,18,20)/i2D3,3D3/hD. The zero-order chi connectivity index (χ0) is 20.4. The third-order valence-corrected chi connectivity index (χ3v) is 3.67. The second-order valence-corrected chi connectivity index (χ2v) is 5.20. The number of rotatable bonds is 4. The molecule has 1 aliphatic rings. The van der Waals surface area contributed by atoms with Crippen LogP contribution in [-0.2, 0) is 4.79 Å². The van der Waals surface area contributed by atoms with E-state index in [1.807, 2.05) is 11.8 Å². The van der Waals surface area contributed by atoms with Crippen LogP contribution in [0, 0.1) is 13.7 Å². The van der Waals surface area contributed by atoms with Crippen LogP contribution in [0.15, 0.2) is 18.2 Å². The Balaban J connectivity index is 2.50. The summed E-state index contributed by atoms with van der Waals surface area (Å²) in [5, 5.41) is 0.502. The minimum absolute atomic E-state index is 0.294. The molecule has 1 amide bonds. The van der Waals surface area contributed by atoms with Crippen LogP contribution in [0.3, 0.4) is 0 Å². The lowest BCUT2D eigenvalue weighted by molar-refractivity contribution is -0.122. The first-order chi connectivity index (χ1) is 12.5. The Morgan fingerprint density at radius 1 is 1.45 bits per heavy atom. The molecule has 1 heterocycles. The monoisotopic (exact) mass is 281 g/mol. The number of piperidine rings is 1. The molecule has 1 fully saturated rings. The Morgan fingerprint density at radius 3 is 2.85 bits per heavy atom. The van der Waals surface area contributed by atoms with Gasteiger partial charge in [0.05, 0.1) is 6.04 Å². The van der Waals surface area contributed by atoms with Crippen molar-refractivity contribution in [3.8, 4) is 0 Å². The lowest BCUT2D eigenvalue weighted by Crippen LogP contribution is -2.47. The number of anilines is 1. The predicted molar refractivity (Wildman–Crippen MR) is 84.0 cm³/mol. The van der Waals surface area contributed by atoms with Gasteiger partial charge in [0.2, 0.25) is 5.91 Å². The second-order valence-electron chi connectivity index (χ2n) is 5.20. The summed E-state index contributed by atoms with van der Waals surface area (Å²) in [6, 6.07) is 3.33. The van der Waals surface area contributed by atoms with E-state index in [1.165, 1.54) is 18.2 Å². The highest BCUT2D eigenvalue weighted by atomic mass is 16.2. The van der Waals surface area contributed by atoms with Crippen LogP contribution >= 0.6 is 0 Å². The molecule has 1 saturated heterocycles. The maximum absolute atomic E-state index is 13.1. The Morgan fingerprint density at radius 2 is 2.20 bits per heavy atom. The lowest BCUT2D eigenvalue weighted by Gasteiger charge is -2.34. The van der Waals surface area contributed by atoms with Crippen LogP contribution in [-0.4, -0.2) is 29.9 Å². The highest BCUT2D eigenvalue weighted by molar-refractivity contribution is 5.96. The number of nitrogens with zero attached hydrogens (tertiary/aromatic N) is 1. The van der Waals surface area contributed by atoms with Crippen LogP contribution in [0.25, 0.3) is 0 Å². The molecule has 0 aliphatic carbocycles. The molecule has 3 heteroatoms. The Bertz CT molecular complexity index is 638. The van der Waals surface area contributed by atoms with E-state index in [0.29, 0.717) is 18.3 Å². The van der Waals surface area contributed by atoms with Gasteiger partial charge in [-0.15, -0.1) is 0 Å². The average Bonchev–Trinajstić information content (AvgIpc) is 2.59.